The Morgan fingerprint density at radius 3 is 2.28 bits per heavy atom. The van der Waals surface area contributed by atoms with Crippen LogP contribution in [0.15, 0.2) is 0 Å². The maximum Gasteiger partial charge on any atom is 0.248 e. The van der Waals surface area contributed by atoms with Gasteiger partial charge in [0, 0.05) is 20.1 Å². The normalized spacial score (nSPS) is 21.6. The molecule has 1 aliphatic carbocycles. The van der Waals surface area contributed by atoms with Crippen molar-refractivity contribution in [2.45, 2.75) is 52.1 Å². The van der Waals surface area contributed by atoms with Gasteiger partial charge in [-0.2, -0.15) is 0 Å². The molecule has 2 N–H and O–H groups in total. The van der Waals surface area contributed by atoms with E-state index in [1.54, 1.807) is 11.9 Å². The van der Waals surface area contributed by atoms with E-state index in [0.717, 1.165) is 25.7 Å². The van der Waals surface area contributed by atoms with Crippen LogP contribution in [0.1, 0.15) is 46.5 Å². The molecule has 18 heavy (non-hydrogen) atoms. The third-order valence-electron chi connectivity index (χ3n) is 4.29. The zero-order valence-corrected chi connectivity index (χ0v) is 12.3. The Bertz CT molecular complexity index is 280. The van der Waals surface area contributed by atoms with Gasteiger partial charge < -0.3 is 15.4 Å². The van der Waals surface area contributed by atoms with Crippen molar-refractivity contribution in [1.29, 1.82) is 0 Å². The number of amides is 1. The summed E-state index contributed by atoms with van der Waals surface area (Å²) in [6.07, 6.45) is 4.14. The van der Waals surface area contributed by atoms with Gasteiger partial charge in [0.1, 0.15) is 6.61 Å². The molecule has 0 aliphatic heterocycles. The molecule has 0 aromatic heterocycles. The summed E-state index contributed by atoms with van der Waals surface area (Å²) >= 11 is 0. The lowest BCUT2D eigenvalue weighted by Crippen LogP contribution is -2.47. The fourth-order valence-corrected chi connectivity index (χ4v) is 2.29. The maximum atomic E-state index is 11.8. The molecular formula is C14H28N2O2. The summed E-state index contributed by atoms with van der Waals surface area (Å²) in [5.74, 6) is 0.0372. The average molecular weight is 256 g/mol. The minimum atomic E-state index is -0.278. The minimum Gasteiger partial charge on any atom is -0.364 e. The van der Waals surface area contributed by atoms with Crippen molar-refractivity contribution in [2.24, 2.45) is 11.1 Å². The smallest absolute Gasteiger partial charge is 0.248 e. The predicted molar refractivity (Wildman–Crippen MR) is 73.3 cm³/mol. The van der Waals surface area contributed by atoms with Crippen LogP contribution in [0.4, 0.5) is 0 Å². The summed E-state index contributed by atoms with van der Waals surface area (Å²) in [6.45, 7) is 7.89. The summed E-state index contributed by atoms with van der Waals surface area (Å²) in [5, 5.41) is 0. The van der Waals surface area contributed by atoms with E-state index in [9.17, 15) is 4.79 Å². The number of ether oxygens (including phenoxy) is 1. The standard InChI is InChI=1S/C14H28N2O2/c1-5-16(4)12(17)10-18-14(11-15)8-6-13(2,3)7-9-14/h5-11,15H2,1-4H3. The summed E-state index contributed by atoms with van der Waals surface area (Å²) in [6, 6.07) is 0. The number of nitrogens with zero attached hydrogens (tertiary/aromatic N) is 1. The molecule has 0 spiro atoms. The predicted octanol–water partition coefficient (Wildman–Crippen LogP) is 1.78. The second-order valence-corrected chi connectivity index (χ2v) is 6.25. The molecule has 1 aliphatic rings. The third kappa shape index (κ3) is 3.95. The molecule has 1 amide bonds. The second kappa shape index (κ2) is 6.02. The van der Waals surface area contributed by atoms with Crippen molar-refractivity contribution < 1.29 is 9.53 Å². The summed E-state index contributed by atoms with van der Waals surface area (Å²) < 4.78 is 5.88. The molecule has 1 rings (SSSR count). The first-order chi connectivity index (χ1) is 8.34. The Kier molecular flexibility index (Phi) is 5.17. The van der Waals surface area contributed by atoms with E-state index in [2.05, 4.69) is 13.8 Å². The third-order valence-corrected chi connectivity index (χ3v) is 4.29. The number of hydrogen-bond acceptors (Lipinski definition) is 3. The quantitative estimate of drug-likeness (QED) is 0.815. The fraction of sp³-hybridized carbons (Fsp3) is 0.929. The summed E-state index contributed by atoms with van der Waals surface area (Å²) in [7, 11) is 1.80. The topological polar surface area (TPSA) is 55.6 Å². The van der Waals surface area contributed by atoms with Crippen LogP contribution < -0.4 is 5.73 Å². The van der Waals surface area contributed by atoms with Crippen molar-refractivity contribution in [3.8, 4) is 0 Å². The largest absolute Gasteiger partial charge is 0.364 e. The zero-order valence-electron chi connectivity index (χ0n) is 12.3. The number of nitrogens with two attached hydrogens (primary N) is 1. The molecule has 0 aromatic carbocycles. The Balaban J connectivity index is 2.50. The molecule has 106 valence electrons. The van der Waals surface area contributed by atoms with E-state index >= 15 is 0 Å². The molecule has 0 atom stereocenters. The van der Waals surface area contributed by atoms with E-state index in [1.165, 1.54) is 0 Å². The molecule has 0 unspecified atom stereocenters. The zero-order chi connectivity index (χ0) is 13.8. The number of carbonyl (C=O) groups is 1. The van der Waals surface area contributed by atoms with Gasteiger partial charge in [0.2, 0.25) is 5.91 Å². The number of likely N-dealkylation sites (N-methyl/N-ethyl adjacent to an activating group) is 1. The molecule has 0 bridgehead atoms. The van der Waals surface area contributed by atoms with Crippen LogP contribution in [0.2, 0.25) is 0 Å². The van der Waals surface area contributed by atoms with Crippen LogP contribution >= 0.6 is 0 Å². The van der Waals surface area contributed by atoms with E-state index < -0.39 is 0 Å². The fourth-order valence-electron chi connectivity index (χ4n) is 2.29. The van der Waals surface area contributed by atoms with Crippen LogP contribution in [0, 0.1) is 5.41 Å². The minimum absolute atomic E-state index is 0.0372. The molecule has 0 saturated heterocycles. The number of hydrogen-bond donors (Lipinski definition) is 1. The van der Waals surface area contributed by atoms with Gasteiger partial charge in [-0.3, -0.25) is 4.79 Å². The van der Waals surface area contributed by atoms with Gasteiger partial charge in [-0.1, -0.05) is 13.8 Å². The van der Waals surface area contributed by atoms with E-state index in [4.69, 9.17) is 10.5 Å². The lowest BCUT2D eigenvalue weighted by atomic mass is 9.71. The monoisotopic (exact) mass is 256 g/mol. The molecule has 1 saturated carbocycles. The Morgan fingerprint density at radius 1 is 1.28 bits per heavy atom. The molecular weight excluding hydrogens is 228 g/mol. The van der Waals surface area contributed by atoms with Crippen molar-refractivity contribution in [3.63, 3.8) is 0 Å². The second-order valence-electron chi connectivity index (χ2n) is 6.25. The van der Waals surface area contributed by atoms with Gasteiger partial charge >= 0.3 is 0 Å². The SMILES string of the molecule is CCN(C)C(=O)COC1(CN)CCC(C)(C)CC1. The van der Waals surface area contributed by atoms with Gasteiger partial charge in [0.05, 0.1) is 5.60 Å². The Labute approximate surface area is 111 Å². The molecule has 4 heteroatoms. The van der Waals surface area contributed by atoms with Crippen molar-refractivity contribution >= 4 is 5.91 Å². The van der Waals surface area contributed by atoms with Crippen molar-refractivity contribution in [2.75, 3.05) is 26.7 Å². The lowest BCUT2D eigenvalue weighted by molar-refractivity contribution is -0.145. The van der Waals surface area contributed by atoms with Crippen molar-refractivity contribution in [1.82, 2.24) is 4.90 Å². The van der Waals surface area contributed by atoms with Crippen LogP contribution in [-0.4, -0.2) is 43.2 Å². The van der Waals surface area contributed by atoms with Gasteiger partial charge in [-0.05, 0) is 38.0 Å². The van der Waals surface area contributed by atoms with Gasteiger partial charge in [0.25, 0.3) is 0 Å². The summed E-state index contributed by atoms with van der Waals surface area (Å²) in [4.78, 5) is 13.4. The highest BCUT2D eigenvalue weighted by atomic mass is 16.5. The summed E-state index contributed by atoms with van der Waals surface area (Å²) in [5.41, 5.74) is 5.97. The van der Waals surface area contributed by atoms with Gasteiger partial charge in [-0.25, -0.2) is 0 Å². The van der Waals surface area contributed by atoms with E-state index in [-0.39, 0.29) is 18.1 Å². The highest BCUT2D eigenvalue weighted by molar-refractivity contribution is 5.77. The molecule has 0 heterocycles. The number of rotatable bonds is 5. The average Bonchev–Trinajstić information content (AvgIpc) is 2.37. The van der Waals surface area contributed by atoms with Crippen LogP contribution in [0.3, 0.4) is 0 Å². The Hall–Kier alpha value is -0.610. The highest BCUT2D eigenvalue weighted by Crippen LogP contribution is 2.41. The maximum absolute atomic E-state index is 11.8. The molecule has 0 aromatic rings. The van der Waals surface area contributed by atoms with E-state index in [1.807, 2.05) is 6.92 Å². The first-order valence-electron chi connectivity index (χ1n) is 6.92. The molecule has 1 fully saturated rings. The lowest BCUT2D eigenvalue weighted by Gasteiger charge is -2.42. The van der Waals surface area contributed by atoms with Crippen LogP contribution in [0.25, 0.3) is 0 Å². The molecule has 0 radical (unpaired) electrons. The number of carbonyl (C=O) groups excluding carboxylic acids is 1. The van der Waals surface area contributed by atoms with E-state index in [0.29, 0.717) is 18.5 Å². The Morgan fingerprint density at radius 2 is 1.83 bits per heavy atom. The van der Waals surface area contributed by atoms with Crippen LogP contribution in [-0.2, 0) is 9.53 Å². The van der Waals surface area contributed by atoms with Crippen LogP contribution in [0.5, 0.6) is 0 Å². The highest BCUT2D eigenvalue weighted by Gasteiger charge is 2.38. The van der Waals surface area contributed by atoms with Crippen molar-refractivity contribution in [3.05, 3.63) is 0 Å². The van der Waals surface area contributed by atoms with Gasteiger partial charge in [0.15, 0.2) is 0 Å². The molecule has 4 nitrogen and oxygen atoms in total. The first-order valence-corrected chi connectivity index (χ1v) is 6.92. The van der Waals surface area contributed by atoms with Gasteiger partial charge in [-0.15, -0.1) is 0 Å². The first kappa shape index (κ1) is 15.4.